The minimum atomic E-state index is -0.457. The van der Waals surface area contributed by atoms with Gasteiger partial charge in [0, 0.05) is 25.4 Å². The molecule has 1 rings (SSSR count). The Morgan fingerprint density at radius 2 is 2.00 bits per heavy atom. The van der Waals surface area contributed by atoms with Crippen LogP contribution in [0.25, 0.3) is 0 Å². The highest BCUT2D eigenvalue weighted by Crippen LogP contribution is 2.13. The van der Waals surface area contributed by atoms with Gasteiger partial charge in [-0.1, -0.05) is 0 Å². The highest BCUT2D eigenvalue weighted by atomic mass is 35.5. The van der Waals surface area contributed by atoms with Crippen LogP contribution in [-0.2, 0) is 14.3 Å². The van der Waals surface area contributed by atoms with E-state index in [1.165, 1.54) is 0 Å². The van der Waals surface area contributed by atoms with Crippen molar-refractivity contribution >= 4 is 23.4 Å². The maximum absolute atomic E-state index is 11.5. The first-order valence-corrected chi connectivity index (χ1v) is 7.57. The number of hydrogen-bond acceptors (Lipinski definition) is 6. The number of aromatic nitrogens is 2. The number of hydrogen-bond donors (Lipinski definition) is 0. The van der Waals surface area contributed by atoms with Crippen molar-refractivity contribution in [2.24, 2.45) is 0 Å². The summed E-state index contributed by atoms with van der Waals surface area (Å²) in [6.45, 7) is 8.86. The summed E-state index contributed by atoms with van der Waals surface area (Å²) in [5.74, 6) is 0.493. The molecule has 7 heteroatoms. The molecular formula is C15H24ClN3O3. The summed E-state index contributed by atoms with van der Waals surface area (Å²) in [6.07, 6.45) is 0.249. The lowest BCUT2D eigenvalue weighted by Gasteiger charge is -2.20. The van der Waals surface area contributed by atoms with Gasteiger partial charge in [-0.3, -0.25) is 4.79 Å². The van der Waals surface area contributed by atoms with Crippen LogP contribution in [0.2, 0.25) is 5.28 Å². The lowest BCUT2D eigenvalue weighted by atomic mass is 10.2. The molecule has 1 aromatic rings. The molecule has 0 bridgehead atoms. The van der Waals surface area contributed by atoms with E-state index in [-0.39, 0.29) is 17.7 Å². The largest absolute Gasteiger partial charge is 0.460 e. The van der Waals surface area contributed by atoms with Crippen LogP contribution in [-0.4, -0.2) is 48.3 Å². The van der Waals surface area contributed by atoms with E-state index < -0.39 is 5.60 Å². The Balaban J connectivity index is 2.25. The van der Waals surface area contributed by atoms with E-state index >= 15 is 0 Å². The van der Waals surface area contributed by atoms with Crippen molar-refractivity contribution in [2.45, 2.75) is 39.7 Å². The molecule has 0 N–H and O–H groups in total. The number of ether oxygens (including phenoxy) is 2. The third-order valence-electron chi connectivity index (χ3n) is 2.65. The van der Waals surface area contributed by atoms with Crippen molar-refractivity contribution in [3.63, 3.8) is 0 Å². The van der Waals surface area contributed by atoms with Crippen molar-refractivity contribution in [3.05, 3.63) is 17.0 Å². The summed E-state index contributed by atoms with van der Waals surface area (Å²) in [6, 6.07) is 1.85. The molecule has 0 radical (unpaired) electrons. The maximum atomic E-state index is 11.5. The van der Waals surface area contributed by atoms with Crippen LogP contribution >= 0.6 is 11.6 Å². The molecule has 0 spiro atoms. The van der Waals surface area contributed by atoms with Crippen molar-refractivity contribution < 1.29 is 14.3 Å². The van der Waals surface area contributed by atoms with E-state index in [4.69, 9.17) is 21.1 Å². The third-order valence-corrected chi connectivity index (χ3v) is 2.82. The number of likely N-dealkylation sites (N-methyl/N-ethyl adjacent to an activating group) is 1. The number of anilines is 1. The number of carbonyl (C=O) groups excluding carboxylic acids is 1. The van der Waals surface area contributed by atoms with E-state index in [2.05, 4.69) is 9.97 Å². The van der Waals surface area contributed by atoms with Gasteiger partial charge in [0.1, 0.15) is 11.4 Å². The molecule has 0 aliphatic rings. The molecule has 0 fully saturated rings. The lowest BCUT2D eigenvalue weighted by molar-refractivity contribution is -0.155. The van der Waals surface area contributed by atoms with Gasteiger partial charge in [0.15, 0.2) is 0 Å². The molecule has 124 valence electrons. The van der Waals surface area contributed by atoms with Crippen molar-refractivity contribution in [1.29, 1.82) is 0 Å². The quantitative estimate of drug-likeness (QED) is 0.435. The molecule has 0 aliphatic heterocycles. The molecule has 0 saturated carbocycles. The normalized spacial score (nSPS) is 11.4. The molecule has 0 amide bonds. The number of halogens is 1. The van der Waals surface area contributed by atoms with Crippen LogP contribution in [0.3, 0.4) is 0 Å². The molecule has 0 unspecified atom stereocenters. The van der Waals surface area contributed by atoms with Gasteiger partial charge in [-0.25, -0.2) is 9.97 Å². The summed E-state index contributed by atoms with van der Waals surface area (Å²) < 4.78 is 10.7. The molecule has 6 nitrogen and oxygen atoms in total. The van der Waals surface area contributed by atoms with Gasteiger partial charge >= 0.3 is 5.97 Å². The zero-order valence-electron chi connectivity index (χ0n) is 13.9. The summed E-state index contributed by atoms with van der Waals surface area (Å²) in [4.78, 5) is 21.6. The standard InChI is InChI=1S/C15H24ClN3O3/c1-11-10-12(18-14(16)17-11)19(5)7-9-21-8-6-13(20)22-15(2,3)4/h10H,6-9H2,1-5H3. The minimum absolute atomic E-state index is 0.229. The molecule has 0 atom stereocenters. The Hall–Kier alpha value is -1.40. The van der Waals surface area contributed by atoms with Crippen LogP contribution in [0.5, 0.6) is 0 Å². The predicted molar refractivity (Wildman–Crippen MR) is 86.3 cm³/mol. The number of carbonyl (C=O) groups is 1. The molecule has 1 heterocycles. The predicted octanol–water partition coefficient (Wildman–Crippen LogP) is 2.62. The SMILES string of the molecule is Cc1cc(N(C)CCOCCC(=O)OC(C)(C)C)nc(Cl)n1. The topological polar surface area (TPSA) is 64.5 Å². The van der Waals surface area contributed by atoms with Gasteiger partial charge < -0.3 is 14.4 Å². The summed E-state index contributed by atoms with van der Waals surface area (Å²) in [5.41, 5.74) is 0.356. The second-order valence-corrected chi connectivity index (χ2v) is 6.34. The monoisotopic (exact) mass is 329 g/mol. The fourth-order valence-electron chi connectivity index (χ4n) is 1.68. The van der Waals surface area contributed by atoms with E-state index in [1.807, 2.05) is 45.7 Å². The molecule has 22 heavy (non-hydrogen) atoms. The summed E-state index contributed by atoms with van der Waals surface area (Å²) in [7, 11) is 1.90. The molecule has 0 aliphatic carbocycles. The second-order valence-electron chi connectivity index (χ2n) is 6.01. The molecular weight excluding hydrogens is 306 g/mol. The Bertz CT molecular complexity index is 483. The second kappa shape index (κ2) is 8.29. The first-order valence-electron chi connectivity index (χ1n) is 7.19. The lowest BCUT2D eigenvalue weighted by Crippen LogP contribution is -2.26. The van der Waals surface area contributed by atoms with E-state index in [0.29, 0.717) is 19.8 Å². The summed E-state index contributed by atoms with van der Waals surface area (Å²) >= 11 is 5.83. The van der Waals surface area contributed by atoms with Gasteiger partial charge in [0.05, 0.1) is 19.6 Å². The van der Waals surface area contributed by atoms with Crippen molar-refractivity contribution in [1.82, 2.24) is 9.97 Å². The zero-order chi connectivity index (χ0) is 16.8. The Morgan fingerprint density at radius 1 is 1.32 bits per heavy atom. The number of esters is 1. The minimum Gasteiger partial charge on any atom is -0.460 e. The first-order chi connectivity index (χ1) is 10.2. The van der Waals surface area contributed by atoms with Crippen LogP contribution in [0, 0.1) is 6.92 Å². The van der Waals surface area contributed by atoms with Crippen LogP contribution in [0.4, 0.5) is 5.82 Å². The van der Waals surface area contributed by atoms with Gasteiger partial charge in [-0.05, 0) is 39.3 Å². The highest BCUT2D eigenvalue weighted by molar-refractivity contribution is 6.28. The van der Waals surface area contributed by atoms with Gasteiger partial charge in [-0.2, -0.15) is 0 Å². The number of aryl methyl sites for hydroxylation is 1. The Kier molecular flexibility index (Phi) is 7.03. The number of rotatable bonds is 7. The Labute approximate surface area is 136 Å². The molecule has 0 aromatic carbocycles. The van der Waals surface area contributed by atoms with Crippen LogP contribution < -0.4 is 4.90 Å². The average molecular weight is 330 g/mol. The summed E-state index contributed by atoms with van der Waals surface area (Å²) in [5, 5.41) is 0.229. The first kappa shape index (κ1) is 18.6. The van der Waals surface area contributed by atoms with Crippen LogP contribution in [0.1, 0.15) is 32.9 Å². The molecule has 0 saturated heterocycles. The van der Waals surface area contributed by atoms with Crippen molar-refractivity contribution in [3.8, 4) is 0 Å². The fraction of sp³-hybridized carbons (Fsp3) is 0.667. The number of nitrogens with zero attached hydrogens (tertiary/aromatic N) is 3. The third kappa shape index (κ3) is 7.56. The average Bonchev–Trinajstić information content (AvgIpc) is 2.34. The molecule has 1 aromatic heterocycles. The van der Waals surface area contributed by atoms with Gasteiger partial charge in [0.2, 0.25) is 5.28 Å². The van der Waals surface area contributed by atoms with Crippen LogP contribution in [0.15, 0.2) is 6.07 Å². The Morgan fingerprint density at radius 3 is 2.59 bits per heavy atom. The van der Waals surface area contributed by atoms with Gasteiger partial charge in [0.25, 0.3) is 0 Å². The highest BCUT2D eigenvalue weighted by Gasteiger charge is 2.15. The smallest absolute Gasteiger partial charge is 0.308 e. The van der Waals surface area contributed by atoms with E-state index in [0.717, 1.165) is 11.5 Å². The van der Waals surface area contributed by atoms with E-state index in [1.54, 1.807) is 0 Å². The fourth-order valence-corrected chi connectivity index (χ4v) is 1.90. The van der Waals surface area contributed by atoms with E-state index in [9.17, 15) is 4.79 Å². The van der Waals surface area contributed by atoms with Crippen molar-refractivity contribution in [2.75, 3.05) is 31.7 Å². The van der Waals surface area contributed by atoms with Gasteiger partial charge in [-0.15, -0.1) is 0 Å². The zero-order valence-corrected chi connectivity index (χ0v) is 14.6. The maximum Gasteiger partial charge on any atom is 0.308 e.